The fourth-order valence-electron chi connectivity index (χ4n) is 2.85. The van der Waals surface area contributed by atoms with Crippen LogP contribution in [0.15, 0.2) is 60.9 Å². The Labute approximate surface area is 169 Å². The molecule has 3 aromatic rings. The van der Waals surface area contributed by atoms with Gasteiger partial charge in [0.2, 0.25) is 0 Å². The molecule has 0 fully saturated rings. The second kappa shape index (κ2) is 9.73. The van der Waals surface area contributed by atoms with Gasteiger partial charge in [-0.05, 0) is 42.8 Å². The Hall–Kier alpha value is -3.09. The summed E-state index contributed by atoms with van der Waals surface area (Å²) in [6.07, 6.45) is 4.75. The van der Waals surface area contributed by atoms with Gasteiger partial charge in [-0.1, -0.05) is 24.3 Å². The molecule has 28 heavy (non-hydrogen) atoms. The average Bonchev–Trinajstić information content (AvgIpc) is 3.16. The van der Waals surface area contributed by atoms with Gasteiger partial charge >= 0.3 is 0 Å². The van der Waals surface area contributed by atoms with Gasteiger partial charge < -0.3 is 9.30 Å². The van der Waals surface area contributed by atoms with E-state index in [1.807, 2.05) is 54.9 Å². The number of methoxy groups -OCH3 is 1. The molecule has 0 aliphatic carbocycles. The Morgan fingerprint density at radius 2 is 1.79 bits per heavy atom. The molecule has 3 rings (SSSR count). The standard InChI is InChI=1S/C21H21N3O3.ClH/c1-3-24-14-22-20(16-9-11-18(27-2)12-10-16)21(24)17-7-4-15(5-8-17)6-13-19(25)23-26;/h4-14,26H,3H2,1-2H3,(H,23,25);1H. The molecule has 1 amide bonds. The van der Waals surface area contributed by atoms with Crippen LogP contribution >= 0.6 is 12.4 Å². The van der Waals surface area contributed by atoms with E-state index in [0.717, 1.165) is 40.4 Å². The van der Waals surface area contributed by atoms with E-state index in [1.54, 1.807) is 18.7 Å². The van der Waals surface area contributed by atoms with Crippen molar-refractivity contribution >= 4 is 24.4 Å². The number of aromatic nitrogens is 2. The van der Waals surface area contributed by atoms with E-state index in [2.05, 4.69) is 16.5 Å². The lowest BCUT2D eigenvalue weighted by Gasteiger charge is -2.10. The highest BCUT2D eigenvalue weighted by molar-refractivity contribution is 5.91. The first-order valence-corrected chi connectivity index (χ1v) is 8.58. The molecule has 1 aromatic heterocycles. The number of carbonyl (C=O) groups excluding carboxylic acids is 1. The third-order valence-corrected chi connectivity index (χ3v) is 4.26. The molecule has 0 unspecified atom stereocenters. The predicted octanol–water partition coefficient (Wildman–Crippen LogP) is 4.19. The second-order valence-electron chi connectivity index (χ2n) is 5.89. The molecule has 0 radical (unpaired) electrons. The molecule has 7 heteroatoms. The van der Waals surface area contributed by atoms with Gasteiger partial charge in [0.25, 0.3) is 5.91 Å². The summed E-state index contributed by atoms with van der Waals surface area (Å²) < 4.78 is 7.33. The lowest BCUT2D eigenvalue weighted by molar-refractivity contribution is -0.124. The minimum atomic E-state index is -0.565. The van der Waals surface area contributed by atoms with Crippen LogP contribution in [0.3, 0.4) is 0 Å². The van der Waals surface area contributed by atoms with E-state index in [0.29, 0.717) is 0 Å². The number of nitrogens with zero attached hydrogens (tertiary/aromatic N) is 2. The Bertz CT molecular complexity index is 948. The summed E-state index contributed by atoms with van der Waals surface area (Å²) in [6, 6.07) is 15.7. The van der Waals surface area contributed by atoms with Gasteiger partial charge in [-0.25, -0.2) is 10.5 Å². The molecular formula is C21H22ClN3O3. The molecule has 0 bridgehead atoms. The van der Waals surface area contributed by atoms with Crippen LogP contribution in [0.2, 0.25) is 0 Å². The maximum Gasteiger partial charge on any atom is 0.267 e. The van der Waals surface area contributed by atoms with Crippen LogP contribution in [0.1, 0.15) is 12.5 Å². The Balaban J connectivity index is 0.00000280. The average molecular weight is 400 g/mol. The van der Waals surface area contributed by atoms with Crippen LogP contribution in [0.25, 0.3) is 28.6 Å². The molecule has 0 saturated heterocycles. The minimum absolute atomic E-state index is 0. The monoisotopic (exact) mass is 399 g/mol. The number of halogens is 1. The fraction of sp³-hybridized carbons (Fsp3) is 0.143. The van der Waals surface area contributed by atoms with Crippen molar-refractivity contribution in [3.63, 3.8) is 0 Å². The van der Waals surface area contributed by atoms with Crippen LogP contribution < -0.4 is 10.2 Å². The zero-order valence-electron chi connectivity index (χ0n) is 15.6. The van der Waals surface area contributed by atoms with Gasteiger partial charge in [-0.3, -0.25) is 10.0 Å². The number of aryl methyl sites for hydroxylation is 1. The molecule has 0 saturated carbocycles. The third-order valence-electron chi connectivity index (χ3n) is 4.26. The summed E-state index contributed by atoms with van der Waals surface area (Å²) >= 11 is 0. The summed E-state index contributed by atoms with van der Waals surface area (Å²) in [5, 5.41) is 8.54. The number of hydrogen-bond donors (Lipinski definition) is 2. The van der Waals surface area contributed by atoms with Gasteiger partial charge in [0.05, 0.1) is 24.8 Å². The normalized spacial score (nSPS) is 10.5. The van der Waals surface area contributed by atoms with Crippen LogP contribution in [0, 0.1) is 0 Å². The maximum absolute atomic E-state index is 11.1. The highest BCUT2D eigenvalue weighted by Crippen LogP contribution is 2.32. The van der Waals surface area contributed by atoms with Crippen molar-refractivity contribution in [1.29, 1.82) is 0 Å². The summed E-state index contributed by atoms with van der Waals surface area (Å²) in [5.41, 5.74) is 6.41. The van der Waals surface area contributed by atoms with E-state index in [1.165, 1.54) is 6.08 Å². The number of amides is 1. The lowest BCUT2D eigenvalue weighted by atomic mass is 10.0. The number of carbonyl (C=O) groups is 1. The second-order valence-corrected chi connectivity index (χ2v) is 5.89. The summed E-state index contributed by atoms with van der Waals surface area (Å²) in [7, 11) is 1.65. The molecular weight excluding hydrogens is 378 g/mol. The summed E-state index contributed by atoms with van der Waals surface area (Å²) in [5.74, 6) is 0.239. The number of imidazole rings is 1. The zero-order valence-corrected chi connectivity index (χ0v) is 16.4. The largest absolute Gasteiger partial charge is 0.497 e. The first-order chi connectivity index (χ1) is 13.2. The van der Waals surface area contributed by atoms with E-state index >= 15 is 0 Å². The van der Waals surface area contributed by atoms with Gasteiger partial charge in [0, 0.05) is 23.7 Å². The van der Waals surface area contributed by atoms with Crippen LogP contribution in [-0.2, 0) is 11.3 Å². The molecule has 0 atom stereocenters. The van der Waals surface area contributed by atoms with Crippen molar-refractivity contribution in [2.75, 3.05) is 7.11 Å². The highest BCUT2D eigenvalue weighted by atomic mass is 35.5. The highest BCUT2D eigenvalue weighted by Gasteiger charge is 2.14. The number of nitrogens with one attached hydrogen (secondary N) is 1. The Kier molecular flexibility index (Phi) is 7.37. The van der Waals surface area contributed by atoms with E-state index in [4.69, 9.17) is 9.94 Å². The topological polar surface area (TPSA) is 76.4 Å². The maximum atomic E-state index is 11.1. The van der Waals surface area contributed by atoms with Crippen LogP contribution in [0.5, 0.6) is 5.75 Å². The Morgan fingerprint density at radius 3 is 2.36 bits per heavy atom. The van der Waals surface area contributed by atoms with Crippen molar-refractivity contribution in [2.45, 2.75) is 13.5 Å². The van der Waals surface area contributed by atoms with E-state index in [9.17, 15) is 4.79 Å². The number of ether oxygens (including phenoxy) is 1. The molecule has 0 aliphatic rings. The lowest BCUT2D eigenvalue weighted by Crippen LogP contribution is -2.14. The SMILES string of the molecule is CCn1cnc(-c2ccc(OC)cc2)c1-c1ccc(C=CC(=O)NO)cc1.Cl. The summed E-state index contributed by atoms with van der Waals surface area (Å²) in [6.45, 7) is 2.88. The first kappa shape index (κ1) is 21.2. The number of hydrogen-bond acceptors (Lipinski definition) is 4. The zero-order chi connectivity index (χ0) is 19.2. The molecule has 1 heterocycles. The predicted molar refractivity (Wildman–Crippen MR) is 112 cm³/mol. The molecule has 2 N–H and O–H groups in total. The fourth-order valence-corrected chi connectivity index (χ4v) is 2.85. The van der Waals surface area contributed by atoms with E-state index in [-0.39, 0.29) is 12.4 Å². The van der Waals surface area contributed by atoms with Gasteiger partial charge in [-0.15, -0.1) is 12.4 Å². The Morgan fingerprint density at radius 1 is 1.14 bits per heavy atom. The van der Waals surface area contributed by atoms with Crippen molar-refractivity contribution in [3.05, 3.63) is 66.5 Å². The first-order valence-electron chi connectivity index (χ1n) is 8.58. The number of benzene rings is 2. The molecule has 2 aromatic carbocycles. The van der Waals surface area contributed by atoms with E-state index < -0.39 is 5.91 Å². The molecule has 0 aliphatic heterocycles. The molecule has 0 spiro atoms. The smallest absolute Gasteiger partial charge is 0.267 e. The van der Waals surface area contributed by atoms with Gasteiger partial charge in [0.15, 0.2) is 0 Å². The number of rotatable bonds is 6. The third kappa shape index (κ3) is 4.60. The van der Waals surface area contributed by atoms with Crippen molar-refractivity contribution in [3.8, 4) is 28.3 Å². The minimum Gasteiger partial charge on any atom is -0.497 e. The van der Waals surface area contributed by atoms with Gasteiger partial charge in [-0.2, -0.15) is 0 Å². The van der Waals surface area contributed by atoms with Gasteiger partial charge in [0.1, 0.15) is 5.75 Å². The van der Waals surface area contributed by atoms with Crippen molar-refractivity contribution in [2.24, 2.45) is 0 Å². The van der Waals surface area contributed by atoms with Crippen LogP contribution in [0.4, 0.5) is 0 Å². The van der Waals surface area contributed by atoms with Crippen LogP contribution in [-0.4, -0.2) is 27.8 Å². The molecule has 146 valence electrons. The number of hydroxylamine groups is 1. The summed E-state index contributed by atoms with van der Waals surface area (Å²) in [4.78, 5) is 15.7. The molecule has 6 nitrogen and oxygen atoms in total. The van der Waals surface area contributed by atoms with Crippen molar-refractivity contribution in [1.82, 2.24) is 15.0 Å². The van der Waals surface area contributed by atoms with Crippen molar-refractivity contribution < 1.29 is 14.7 Å². The quantitative estimate of drug-likeness (QED) is 0.370.